The zero-order valence-corrected chi connectivity index (χ0v) is 10.4. The number of benzene rings is 1. The summed E-state index contributed by atoms with van der Waals surface area (Å²) in [5.74, 6) is 0.396. The molecular weight excluding hydrogens is 242 g/mol. The number of carbonyl (C=O) groups is 1. The number of halogens is 1. The van der Waals surface area contributed by atoms with Gasteiger partial charge in [-0.1, -0.05) is 11.6 Å². The van der Waals surface area contributed by atoms with Crippen molar-refractivity contribution in [3.8, 4) is 5.75 Å². The lowest BCUT2D eigenvalue weighted by Gasteiger charge is -2.14. The quantitative estimate of drug-likeness (QED) is 0.761. The van der Waals surface area contributed by atoms with Gasteiger partial charge in [-0.05, 0) is 37.6 Å². The molecule has 17 heavy (non-hydrogen) atoms. The molecule has 1 unspecified atom stereocenters. The van der Waals surface area contributed by atoms with Crippen LogP contribution in [0.15, 0.2) is 24.3 Å². The maximum atomic E-state index is 11.5. The van der Waals surface area contributed by atoms with E-state index in [1.54, 1.807) is 31.2 Å². The molecule has 1 aromatic carbocycles. The summed E-state index contributed by atoms with van der Waals surface area (Å²) in [6.07, 6.45) is -0.0331. The lowest BCUT2D eigenvalue weighted by Crippen LogP contribution is -2.37. The number of amides is 1. The van der Waals surface area contributed by atoms with Crippen molar-refractivity contribution in [1.82, 2.24) is 5.32 Å². The second-order valence-corrected chi connectivity index (χ2v) is 4.02. The molecule has 0 aromatic heterocycles. The average molecular weight is 258 g/mol. The van der Waals surface area contributed by atoms with Gasteiger partial charge in [-0.15, -0.1) is 0 Å². The standard InChI is InChI=1S/C12H16ClNO3/c1-9(12(16)14-7-2-8-15)17-11-5-3-10(13)4-6-11/h3-6,9,15H,2,7-8H2,1H3,(H,14,16). The molecule has 0 aliphatic carbocycles. The number of nitrogens with one attached hydrogen (secondary N) is 1. The first-order valence-corrected chi connectivity index (χ1v) is 5.82. The van der Waals surface area contributed by atoms with Crippen molar-refractivity contribution in [2.24, 2.45) is 0 Å². The third kappa shape index (κ3) is 5.06. The molecule has 1 aromatic rings. The number of carbonyl (C=O) groups excluding carboxylic acids is 1. The first-order chi connectivity index (χ1) is 8.13. The molecule has 0 radical (unpaired) electrons. The van der Waals surface area contributed by atoms with Gasteiger partial charge >= 0.3 is 0 Å². The zero-order valence-electron chi connectivity index (χ0n) is 9.65. The van der Waals surface area contributed by atoms with Gasteiger partial charge in [0.15, 0.2) is 6.10 Å². The highest BCUT2D eigenvalue weighted by molar-refractivity contribution is 6.30. The van der Waals surface area contributed by atoms with Crippen LogP contribution in [0, 0.1) is 0 Å². The van der Waals surface area contributed by atoms with Gasteiger partial charge in [0.05, 0.1) is 0 Å². The molecular formula is C12H16ClNO3. The first-order valence-electron chi connectivity index (χ1n) is 5.44. The number of hydrogen-bond donors (Lipinski definition) is 2. The summed E-state index contributed by atoms with van der Waals surface area (Å²) in [4.78, 5) is 11.5. The fraction of sp³-hybridized carbons (Fsp3) is 0.417. The van der Waals surface area contributed by atoms with Gasteiger partial charge in [0.25, 0.3) is 5.91 Å². The molecule has 5 heteroatoms. The van der Waals surface area contributed by atoms with Crippen LogP contribution in [0.3, 0.4) is 0 Å². The topological polar surface area (TPSA) is 58.6 Å². The van der Waals surface area contributed by atoms with Crippen molar-refractivity contribution in [3.05, 3.63) is 29.3 Å². The normalized spacial score (nSPS) is 11.9. The number of rotatable bonds is 6. The Morgan fingerprint density at radius 3 is 2.71 bits per heavy atom. The SMILES string of the molecule is CC(Oc1ccc(Cl)cc1)C(=O)NCCCO. The van der Waals surface area contributed by atoms with E-state index in [0.29, 0.717) is 23.7 Å². The zero-order chi connectivity index (χ0) is 12.7. The minimum atomic E-state index is -0.574. The molecule has 2 N–H and O–H groups in total. The second kappa shape index (κ2) is 7.14. The smallest absolute Gasteiger partial charge is 0.260 e. The van der Waals surface area contributed by atoms with Crippen molar-refractivity contribution in [3.63, 3.8) is 0 Å². The molecule has 0 saturated carbocycles. The largest absolute Gasteiger partial charge is 0.481 e. The number of hydrogen-bond acceptors (Lipinski definition) is 3. The Bertz CT molecular complexity index is 353. The Hall–Kier alpha value is -1.26. The summed E-state index contributed by atoms with van der Waals surface area (Å²) in [6.45, 7) is 2.18. The predicted molar refractivity (Wildman–Crippen MR) is 66.3 cm³/mol. The van der Waals surface area contributed by atoms with Gasteiger partial charge in [-0.2, -0.15) is 0 Å². The highest BCUT2D eigenvalue weighted by Gasteiger charge is 2.13. The van der Waals surface area contributed by atoms with Gasteiger partial charge in [-0.3, -0.25) is 4.79 Å². The summed E-state index contributed by atoms with van der Waals surface area (Å²) >= 11 is 5.74. The predicted octanol–water partition coefficient (Wildman–Crippen LogP) is 1.61. The van der Waals surface area contributed by atoms with E-state index in [1.165, 1.54) is 0 Å². The lowest BCUT2D eigenvalue weighted by molar-refractivity contribution is -0.127. The van der Waals surface area contributed by atoms with E-state index < -0.39 is 6.10 Å². The van der Waals surface area contributed by atoms with Gasteiger partial charge in [0.1, 0.15) is 5.75 Å². The van der Waals surface area contributed by atoms with Crippen molar-refractivity contribution >= 4 is 17.5 Å². The Balaban J connectivity index is 2.40. The number of aliphatic hydroxyl groups excluding tert-OH is 1. The average Bonchev–Trinajstić information content (AvgIpc) is 2.32. The van der Waals surface area contributed by atoms with Crippen LogP contribution in [0.5, 0.6) is 5.75 Å². The molecule has 94 valence electrons. The molecule has 1 rings (SSSR count). The molecule has 0 fully saturated rings. The number of aliphatic hydroxyl groups is 1. The van der Waals surface area contributed by atoms with Gasteiger partial charge in [-0.25, -0.2) is 0 Å². The van der Waals surface area contributed by atoms with Crippen LogP contribution in [0.4, 0.5) is 0 Å². The van der Waals surface area contributed by atoms with E-state index in [4.69, 9.17) is 21.4 Å². The van der Waals surface area contributed by atoms with E-state index in [0.717, 1.165) is 0 Å². The third-order valence-corrected chi connectivity index (χ3v) is 2.38. The summed E-state index contributed by atoms with van der Waals surface area (Å²) < 4.78 is 5.43. The maximum Gasteiger partial charge on any atom is 0.260 e. The second-order valence-electron chi connectivity index (χ2n) is 3.58. The van der Waals surface area contributed by atoms with Crippen LogP contribution in [0.1, 0.15) is 13.3 Å². The van der Waals surface area contributed by atoms with E-state index in [9.17, 15) is 4.79 Å². The summed E-state index contributed by atoms with van der Waals surface area (Å²) in [7, 11) is 0. The van der Waals surface area contributed by atoms with Crippen molar-refractivity contribution in [2.75, 3.05) is 13.2 Å². The molecule has 0 spiro atoms. The van der Waals surface area contributed by atoms with Crippen LogP contribution in [0.25, 0.3) is 0 Å². The van der Waals surface area contributed by atoms with E-state index in [1.807, 2.05) is 0 Å². The van der Waals surface area contributed by atoms with Gasteiger partial charge in [0.2, 0.25) is 0 Å². The monoisotopic (exact) mass is 257 g/mol. The van der Waals surface area contributed by atoms with Crippen LogP contribution in [-0.4, -0.2) is 30.3 Å². The fourth-order valence-electron chi connectivity index (χ4n) is 1.21. The Labute approximate surface area is 106 Å². The lowest BCUT2D eigenvalue weighted by atomic mass is 10.3. The molecule has 4 nitrogen and oxygen atoms in total. The summed E-state index contributed by atoms with van der Waals surface area (Å²) in [6, 6.07) is 6.82. The molecule has 0 bridgehead atoms. The molecule has 0 saturated heterocycles. The molecule has 1 amide bonds. The highest BCUT2D eigenvalue weighted by atomic mass is 35.5. The van der Waals surface area contributed by atoms with E-state index in [-0.39, 0.29) is 12.5 Å². The Kier molecular flexibility index (Phi) is 5.80. The first kappa shape index (κ1) is 13.8. The van der Waals surface area contributed by atoms with Gasteiger partial charge in [0, 0.05) is 18.2 Å². The third-order valence-electron chi connectivity index (χ3n) is 2.13. The summed E-state index contributed by atoms with van der Waals surface area (Å²) in [5, 5.41) is 11.9. The van der Waals surface area contributed by atoms with Crippen LogP contribution in [-0.2, 0) is 4.79 Å². The molecule has 1 atom stereocenters. The van der Waals surface area contributed by atoms with E-state index >= 15 is 0 Å². The van der Waals surface area contributed by atoms with Crippen LogP contribution >= 0.6 is 11.6 Å². The molecule has 0 heterocycles. The minimum Gasteiger partial charge on any atom is -0.481 e. The Morgan fingerprint density at radius 2 is 2.12 bits per heavy atom. The van der Waals surface area contributed by atoms with Crippen molar-refractivity contribution in [2.45, 2.75) is 19.4 Å². The maximum absolute atomic E-state index is 11.5. The fourth-order valence-corrected chi connectivity index (χ4v) is 1.33. The molecule has 0 aliphatic rings. The Morgan fingerprint density at radius 1 is 1.47 bits per heavy atom. The van der Waals surface area contributed by atoms with Crippen LogP contribution < -0.4 is 10.1 Å². The van der Waals surface area contributed by atoms with Gasteiger partial charge < -0.3 is 15.2 Å². The highest BCUT2D eigenvalue weighted by Crippen LogP contribution is 2.16. The number of ether oxygens (including phenoxy) is 1. The minimum absolute atomic E-state index is 0.0622. The summed E-state index contributed by atoms with van der Waals surface area (Å²) in [5.41, 5.74) is 0. The van der Waals surface area contributed by atoms with Crippen LogP contribution in [0.2, 0.25) is 5.02 Å². The molecule has 0 aliphatic heterocycles. The van der Waals surface area contributed by atoms with Crippen molar-refractivity contribution < 1.29 is 14.6 Å². The van der Waals surface area contributed by atoms with Crippen molar-refractivity contribution in [1.29, 1.82) is 0 Å². The van der Waals surface area contributed by atoms with E-state index in [2.05, 4.69) is 5.32 Å².